The Morgan fingerprint density at radius 2 is 1.96 bits per heavy atom. The minimum Gasteiger partial charge on any atom is -0.493 e. The van der Waals surface area contributed by atoms with E-state index in [1.165, 1.54) is 0 Å². The second kappa shape index (κ2) is 7.89. The minimum absolute atomic E-state index is 0.0596. The molecule has 2 heterocycles. The SMILES string of the molecule is CCCOc1ccccc1C(=O)N1CCC2(CCNC(=O)CC2)CC1. The molecule has 1 aromatic rings. The van der Waals surface area contributed by atoms with Gasteiger partial charge < -0.3 is 15.0 Å². The van der Waals surface area contributed by atoms with Crippen molar-refractivity contribution in [3.8, 4) is 5.75 Å². The molecule has 1 N–H and O–H groups in total. The third-order valence-electron chi connectivity index (χ3n) is 5.55. The lowest BCUT2D eigenvalue weighted by atomic mass is 9.73. The van der Waals surface area contributed by atoms with Crippen molar-refractivity contribution in [1.82, 2.24) is 10.2 Å². The van der Waals surface area contributed by atoms with Gasteiger partial charge >= 0.3 is 0 Å². The molecule has 0 unspecified atom stereocenters. The van der Waals surface area contributed by atoms with Crippen molar-refractivity contribution in [2.75, 3.05) is 26.2 Å². The van der Waals surface area contributed by atoms with Crippen LogP contribution >= 0.6 is 0 Å². The van der Waals surface area contributed by atoms with Crippen LogP contribution in [-0.4, -0.2) is 43.0 Å². The van der Waals surface area contributed by atoms with Crippen molar-refractivity contribution in [2.45, 2.75) is 45.4 Å². The first kappa shape index (κ1) is 17.8. The zero-order valence-electron chi connectivity index (χ0n) is 15.1. The van der Waals surface area contributed by atoms with Crippen molar-refractivity contribution in [3.63, 3.8) is 0 Å². The quantitative estimate of drug-likeness (QED) is 0.913. The summed E-state index contributed by atoms with van der Waals surface area (Å²) in [6.45, 7) is 4.96. The fourth-order valence-electron chi connectivity index (χ4n) is 3.89. The van der Waals surface area contributed by atoms with Gasteiger partial charge in [-0.3, -0.25) is 9.59 Å². The number of para-hydroxylation sites is 1. The van der Waals surface area contributed by atoms with Gasteiger partial charge in [0.2, 0.25) is 5.91 Å². The Labute approximate surface area is 149 Å². The summed E-state index contributed by atoms with van der Waals surface area (Å²) in [7, 11) is 0. The monoisotopic (exact) mass is 344 g/mol. The fourth-order valence-corrected chi connectivity index (χ4v) is 3.89. The van der Waals surface area contributed by atoms with Gasteiger partial charge in [-0.25, -0.2) is 0 Å². The van der Waals surface area contributed by atoms with E-state index in [-0.39, 0.29) is 17.2 Å². The van der Waals surface area contributed by atoms with Crippen LogP contribution in [0.2, 0.25) is 0 Å². The Morgan fingerprint density at radius 3 is 2.72 bits per heavy atom. The van der Waals surface area contributed by atoms with Crippen LogP contribution in [0.25, 0.3) is 0 Å². The predicted molar refractivity (Wildman–Crippen MR) is 96.7 cm³/mol. The van der Waals surface area contributed by atoms with Gasteiger partial charge in [-0.1, -0.05) is 19.1 Å². The summed E-state index contributed by atoms with van der Waals surface area (Å²) in [6.07, 6.45) is 5.45. The van der Waals surface area contributed by atoms with Crippen LogP contribution < -0.4 is 10.1 Å². The van der Waals surface area contributed by atoms with Gasteiger partial charge in [0.25, 0.3) is 5.91 Å². The molecule has 2 aliphatic rings. The normalized spacial score (nSPS) is 20.0. The smallest absolute Gasteiger partial charge is 0.257 e. The van der Waals surface area contributed by atoms with E-state index < -0.39 is 0 Å². The molecule has 3 rings (SSSR count). The van der Waals surface area contributed by atoms with Gasteiger partial charge in [-0.2, -0.15) is 0 Å². The molecule has 2 saturated heterocycles. The maximum absolute atomic E-state index is 13.0. The number of piperidine rings is 1. The Morgan fingerprint density at radius 1 is 1.20 bits per heavy atom. The first-order valence-corrected chi connectivity index (χ1v) is 9.41. The molecule has 0 atom stereocenters. The maximum atomic E-state index is 13.0. The van der Waals surface area contributed by atoms with Crippen molar-refractivity contribution in [3.05, 3.63) is 29.8 Å². The van der Waals surface area contributed by atoms with Crippen molar-refractivity contribution >= 4 is 11.8 Å². The number of hydrogen-bond donors (Lipinski definition) is 1. The molecule has 25 heavy (non-hydrogen) atoms. The highest BCUT2D eigenvalue weighted by atomic mass is 16.5. The van der Waals surface area contributed by atoms with Gasteiger partial charge in [0, 0.05) is 26.1 Å². The van der Waals surface area contributed by atoms with E-state index in [0.717, 1.165) is 51.7 Å². The van der Waals surface area contributed by atoms with Crippen molar-refractivity contribution < 1.29 is 14.3 Å². The molecule has 0 saturated carbocycles. The van der Waals surface area contributed by atoms with Crippen molar-refractivity contribution in [2.24, 2.45) is 5.41 Å². The zero-order chi connectivity index (χ0) is 17.7. The van der Waals surface area contributed by atoms with Gasteiger partial charge in [0.15, 0.2) is 0 Å². The third-order valence-corrected chi connectivity index (χ3v) is 5.55. The molecular formula is C20H28N2O3. The molecule has 0 radical (unpaired) electrons. The standard InChI is InChI=1S/C20H28N2O3/c1-2-15-25-17-6-4-3-5-16(17)19(24)22-13-10-20(11-14-22)8-7-18(23)21-12-9-20/h3-6H,2,7-15H2,1H3,(H,21,23). The zero-order valence-corrected chi connectivity index (χ0v) is 15.1. The van der Waals surface area contributed by atoms with E-state index in [0.29, 0.717) is 24.3 Å². The van der Waals surface area contributed by atoms with Gasteiger partial charge in [0.1, 0.15) is 5.75 Å². The minimum atomic E-state index is 0.0596. The number of ether oxygens (including phenoxy) is 1. The van der Waals surface area contributed by atoms with Crippen LogP contribution in [0, 0.1) is 5.41 Å². The topological polar surface area (TPSA) is 58.6 Å². The van der Waals surface area contributed by atoms with Gasteiger partial charge in [-0.15, -0.1) is 0 Å². The molecular weight excluding hydrogens is 316 g/mol. The summed E-state index contributed by atoms with van der Waals surface area (Å²) >= 11 is 0. The highest BCUT2D eigenvalue weighted by Crippen LogP contribution is 2.40. The molecule has 5 nitrogen and oxygen atoms in total. The highest BCUT2D eigenvalue weighted by molar-refractivity contribution is 5.97. The average Bonchev–Trinajstić information content (AvgIpc) is 2.82. The second-order valence-electron chi connectivity index (χ2n) is 7.24. The molecule has 0 bridgehead atoms. The summed E-state index contributed by atoms with van der Waals surface area (Å²) in [4.78, 5) is 26.5. The Kier molecular flexibility index (Phi) is 5.61. The lowest BCUT2D eigenvalue weighted by Crippen LogP contribution is -2.43. The largest absolute Gasteiger partial charge is 0.493 e. The number of benzene rings is 1. The number of carbonyl (C=O) groups excluding carboxylic acids is 2. The Balaban J connectivity index is 1.65. The first-order chi connectivity index (χ1) is 12.1. The number of likely N-dealkylation sites (tertiary alicyclic amines) is 1. The van der Waals surface area contributed by atoms with E-state index in [4.69, 9.17) is 4.74 Å². The summed E-state index contributed by atoms with van der Waals surface area (Å²) in [6, 6.07) is 7.52. The van der Waals surface area contributed by atoms with Crippen LogP contribution in [0.4, 0.5) is 0 Å². The molecule has 136 valence electrons. The Hall–Kier alpha value is -2.04. The number of nitrogens with zero attached hydrogens (tertiary/aromatic N) is 1. The first-order valence-electron chi connectivity index (χ1n) is 9.41. The van der Waals surface area contributed by atoms with Crippen LogP contribution in [0.15, 0.2) is 24.3 Å². The number of rotatable bonds is 4. The molecule has 2 aliphatic heterocycles. The lowest BCUT2D eigenvalue weighted by Gasteiger charge is -2.41. The number of nitrogens with one attached hydrogen (secondary N) is 1. The van der Waals surface area contributed by atoms with Crippen LogP contribution in [-0.2, 0) is 4.79 Å². The van der Waals surface area contributed by atoms with E-state index in [1.54, 1.807) is 0 Å². The van der Waals surface area contributed by atoms with E-state index in [9.17, 15) is 9.59 Å². The van der Waals surface area contributed by atoms with Crippen LogP contribution in [0.3, 0.4) is 0 Å². The van der Waals surface area contributed by atoms with Gasteiger partial charge in [-0.05, 0) is 49.7 Å². The summed E-state index contributed by atoms with van der Waals surface area (Å²) in [5.74, 6) is 0.903. The highest BCUT2D eigenvalue weighted by Gasteiger charge is 2.37. The molecule has 1 spiro atoms. The van der Waals surface area contributed by atoms with E-state index >= 15 is 0 Å². The molecule has 5 heteroatoms. The fraction of sp³-hybridized carbons (Fsp3) is 0.600. The van der Waals surface area contributed by atoms with Gasteiger partial charge in [0.05, 0.1) is 12.2 Å². The third kappa shape index (κ3) is 4.14. The summed E-state index contributed by atoms with van der Waals surface area (Å²) in [5, 5.41) is 2.97. The van der Waals surface area contributed by atoms with Crippen molar-refractivity contribution in [1.29, 1.82) is 0 Å². The predicted octanol–water partition coefficient (Wildman–Crippen LogP) is 3.00. The second-order valence-corrected chi connectivity index (χ2v) is 7.24. The Bertz CT molecular complexity index is 621. The lowest BCUT2D eigenvalue weighted by molar-refractivity contribution is -0.121. The summed E-state index contributed by atoms with van der Waals surface area (Å²) < 4.78 is 5.74. The molecule has 1 aromatic carbocycles. The maximum Gasteiger partial charge on any atom is 0.257 e. The van der Waals surface area contributed by atoms with E-state index in [2.05, 4.69) is 12.2 Å². The summed E-state index contributed by atoms with van der Waals surface area (Å²) in [5.41, 5.74) is 0.873. The number of amides is 2. The average molecular weight is 344 g/mol. The number of carbonyl (C=O) groups is 2. The van der Waals surface area contributed by atoms with E-state index in [1.807, 2.05) is 29.2 Å². The molecule has 0 aliphatic carbocycles. The molecule has 2 fully saturated rings. The van der Waals surface area contributed by atoms with Crippen LogP contribution in [0.1, 0.15) is 55.8 Å². The number of hydrogen-bond acceptors (Lipinski definition) is 3. The molecule has 2 amide bonds. The molecule has 0 aromatic heterocycles. The van der Waals surface area contributed by atoms with Crippen LogP contribution in [0.5, 0.6) is 5.75 Å².